The Kier molecular flexibility index (Phi) is 2.47. The van der Waals surface area contributed by atoms with Gasteiger partial charge in [-0.3, -0.25) is 10.1 Å². The van der Waals surface area contributed by atoms with Crippen molar-refractivity contribution in [2.75, 3.05) is 0 Å². The van der Waals surface area contributed by atoms with Gasteiger partial charge < -0.3 is 0 Å². The number of fused-ring (bicyclic) bond motifs is 1. The van der Waals surface area contributed by atoms with Gasteiger partial charge in [-0.1, -0.05) is 22.9 Å². The number of thiophene rings is 1. The molecule has 0 fully saturated rings. The smallest absolute Gasteiger partial charge is 0.258 e. The van der Waals surface area contributed by atoms with Gasteiger partial charge in [-0.15, -0.1) is 0 Å². The van der Waals surface area contributed by atoms with Crippen LogP contribution in [0.15, 0.2) is 22.7 Å². The van der Waals surface area contributed by atoms with Gasteiger partial charge in [0.05, 0.1) is 4.92 Å². The highest BCUT2D eigenvalue weighted by atomic mass is 79.9. The van der Waals surface area contributed by atoms with Crippen LogP contribution in [0.5, 0.6) is 0 Å². The van der Waals surface area contributed by atoms with Crippen LogP contribution in [-0.4, -0.2) is 4.92 Å². The van der Waals surface area contributed by atoms with Crippen LogP contribution in [0.4, 0.5) is 5.00 Å². The minimum atomic E-state index is -0.400. The first-order valence-electron chi connectivity index (χ1n) is 3.61. The third kappa shape index (κ3) is 1.51. The molecule has 0 bridgehead atoms. The average Bonchev–Trinajstić information content (AvgIpc) is 2.44. The van der Waals surface area contributed by atoms with Crippen LogP contribution in [0.25, 0.3) is 10.1 Å². The van der Waals surface area contributed by atoms with Crippen molar-refractivity contribution in [3.8, 4) is 0 Å². The lowest BCUT2D eigenvalue weighted by Crippen LogP contribution is -1.82. The molecule has 0 aliphatic rings. The summed E-state index contributed by atoms with van der Waals surface area (Å²) in [5.74, 6) is 0. The third-order valence-electron chi connectivity index (χ3n) is 1.74. The Labute approximate surface area is 96.6 Å². The van der Waals surface area contributed by atoms with Crippen LogP contribution >= 0.6 is 38.9 Å². The van der Waals surface area contributed by atoms with Gasteiger partial charge in [0.25, 0.3) is 0 Å². The Morgan fingerprint density at radius 1 is 1.50 bits per heavy atom. The van der Waals surface area contributed by atoms with E-state index in [-0.39, 0.29) is 5.00 Å². The lowest BCUT2D eigenvalue weighted by Gasteiger charge is -1.89. The molecule has 3 nitrogen and oxygen atoms in total. The fraction of sp³-hybridized carbons (Fsp3) is 0. The predicted octanol–water partition coefficient (Wildman–Crippen LogP) is 4.23. The summed E-state index contributed by atoms with van der Waals surface area (Å²) in [6.07, 6.45) is 0. The van der Waals surface area contributed by atoms with Crippen molar-refractivity contribution in [1.29, 1.82) is 0 Å². The fourth-order valence-electron chi connectivity index (χ4n) is 1.14. The Bertz CT molecular complexity index is 525. The second kappa shape index (κ2) is 3.49. The lowest BCUT2D eigenvalue weighted by atomic mass is 10.3. The molecule has 1 heterocycles. The van der Waals surface area contributed by atoms with Crippen LogP contribution in [0, 0.1) is 10.1 Å². The second-order valence-corrected chi connectivity index (χ2v) is 4.88. The van der Waals surface area contributed by atoms with Gasteiger partial charge in [0.15, 0.2) is 0 Å². The summed E-state index contributed by atoms with van der Waals surface area (Å²) in [6, 6.07) is 5.21. The summed E-state index contributed by atoms with van der Waals surface area (Å²) in [7, 11) is 0. The number of benzene rings is 1. The summed E-state index contributed by atoms with van der Waals surface area (Å²) < 4.78 is 1.36. The molecule has 6 heteroatoms. The normalized spacial score (nSPS) is 10.7. The van der Waals surface area contributed by atoms with E-state index in [0.717, 1.165) is 21.4 Å². The first-order valence-corrected chi connectivity index (χ1v) is 5.60. The molecule has 0 spiro atoms. The Balaban J connectivity index is 2.80. The molecule has 14 heavy (non-hydrogen) atoms. The molecule has 0 N–H and O–H groups in total. The van der Waals surface area contributed by atoms with Gasteiger partial charge >= 0.3 is 5.00 Å². The molecule has 0 saturated heterocycles. The van der Waals surface area contributed by atoms with E-state index in [4.69, 9.17) is 11.6 Å². The third-order valence-corrected chi connectivity index (χ3v) is 4.16. The van der Waals surface area contributed by atoms with E-state index in [1.54, 1.807) is 18.2 Å². The minimum Gasteiger partial charge on any atom is -0.258 e. The molecular formula is C8H3BrClNO2S. The van der Waals surface area contributed by atoms with Crippen molar-refractivity contribution in [2.45, 2.75) is 0 Å². The summed E-state index contributed by atoms with van der Waals surface area (Å²) >= 11 is 10.1. The van der Waals surface area contributed by atoms with E-state index in [0.29, 0.717) is 9.50 Å². The molecular weight excluding hydrogens is 290 g/mol. The van der Waals surface area contributed by atoms with Gasteiger partial charge in [-0.25, -0.2) is 0 Å². The number of hydrogen-bond acceptors (Lipinski definition) is 3. The molecule has 0 aliphatic heterocycles. The van der Waals surface area contributed by atoms with E-state index >= 15 is 0 Å². The first-order chi connectivity index (χ1) is 6.59. The van der Waals surface area contributed by atoms with Crippen LogP contribution < -0.4 is 0 Å². The monoisotopic (exact) mass is 291 g/mol. The van der Waals surface area contributed by atoms with E-state index < -0.39 is 4.92 Å². The molecule has 0 amide bonds. The second-order valence-electron chi connectivity index (χ2n) is 2.62. The van der Waals surface area contributed by atoms with Crippen molar-refractivity contribution in [3.63, 3.8) is 0 Å². The minimum absolute atomic E-state index is 0.113. The predicted molar refractivity (Wildman–Crippen MR) is 61.2 cm³/mol. The van der Waals surface area contributed by atoms with Crippen LogP contribution in [0.2, 0.25) is 5.02 Å². The van der Waals surface area contributed by atoms with Crippen molar-refractivity contribution in [3.05, 3.63) is 37.8 Å². The summed E-state index contributed by atoms with van der Waals surface area (Å²) in [4.78, 5) is 10.2. The fourth-order valence-corrected chi connectivity index (χ4v) is 3.05. The molecule has 0 saturated carbocycles. The van der Waals surface area contributed by atoms with Crippen LogP contribution in [-0.2, 0) is 0 Å². The largest absolute Gasteiger partial charge is 0.339 e. The summed E-state index contributed by atoms with van der Waals surface area (Å²) in [5.41, 5.74) is 0. The highest BCUT2D eigenvalue weighted by molar-refractivity contribution is 9.10. The lowest BCUT2D eigenvalue weighted by molar-refractivity contribution is -0.380. The van der Waals surface area contributed by atoms with Gasteiger partial charge in [-0.05, 0) is 34.1 Å². The number of halogens is 2. The molecule has 72 valence electrons. The van der Waals surface area contributed by atoms with E-state index in [1.807, 2.05) is 0 Å². The molecule has 2 rings (SSSR count). The zero-order valence-electron chi connectivity index (χ0n) is 6.66. The quantitative estimate of drug-likeness (QED) is 0.583. The van der Waals surface area contributed by atoms with Crippen molar-refractivity contribution in [1.82, 2.24) is 0 Å². The molecule has 0 unspecified atom stereocenters. The Morgan fingerprint density at radius 2 is 2.21 bits per heavy atom. The highest BCUT2D eigenvalue weighted by Gasteiger charge is 2.19. The van der Waals surface area contributed by atoms with Gasteiger partial charge in [0, 0.05) is 15.1 Å². The van der Waals surface area contributed by atoms with E-state index in [2.05, 4.69) is 15.9 Å². The SMILES string of the molecule is O=[N+]([O-])c1sc2ccc(Cl)cc2c1Br. The topological polar surface area (TPSA) is 43.1 Å². The summed E-state index contributed by atoms with van der Waals surface area (Å²) in [6.45, 7) is 0. The maximum atomic E-state index is 10.6. The van der Waals surface area contributed by atoms with Gasteiger partial charge in [0.2, 0.25) is 0 Å². The van der Waals surface area contributed by atoms with E-state index in [1.165, 1.54) is 0 Å². The average molecular weight is 293 g/mol. The Hall–Kier alpha value is -0.650. The summed E-state index contributed by atoms with van der Waals surface area (Å²) in [5, 5.41) is 12.1. The first kappa shape index (κ1) is 9.89. The molecule has 0 aliphatic carbocycles. The maximum absolute atomic E-state index is 10.6. The standard InChI is InChI=1S/C8H3BrClNO2S/c9-7-5-3-4(10)1-2-6(5)14-8(7)11(12)13/h1-3H. The van der Waals surface area contributed by atoms with Crippen LogP contribution in [0.1, 0.15) is 0 Å². The molecule has 2 aromatic rings. The van der Waals surface area contributed by atoms with Crippen molar-refractivity contribution in [2.24, 2.45) is 0 Å². The highest BCUT2D eigenvalue weighted by Crippen LogP contribution is 2.41. The number of rotatable bonds is 1. The van der Waals surface area contributed by atoms with Crippen LogP contribution in [0.3, 0.4) is 0 Å². The maximum Gasteiger partial charge on any atom is 0.339 e. The van der Waals surface area contributed by atoms with Crippen molar-refractivity contribution >= 4 is 54.0 Å². The zero-order valence-corrected chi connectivity index (χ0v) is 9.82. The molecule has 0 atom stereocenters. The molecule has 1 aromatic heterocycles. The van der Waals surface area contributed by atoms with E-state index in [9.17, 15) is 10.1 Å². The zero-order chi connectivity index (χ0) is 10.3. The molecule has 1 aromatic carbocycles. The number of nitrogens with zero attached hydrogens (tertiary/aromatic N) is 1. The molecule has 0 radical (unpaired) electrons. The van der Waals surface area contributed by atoms with Crippen molar-refractivity contribution < 1.29 is 4.92 Å². The van der Waals surface area contributed by atoms with Gasteiger partial charge in [0.1, 0.15) is 4.47 Å². The number of nitro groups is 1. The Morgan fingerprint density at radius 3 is 2.86 bits per heavy atom. The van der Waals surface area contributed by atoms with Gasteiger partial charge in [-0.2, -0.15) is 0 Å². The number of hydrogen-bond donors (Lipinski definition) is 0.